The van der Waals surface area contributed by atoms with E-state index in [1.165, 1.54) is 6.07 Å². The van der Waals surface area contributed by atoms with Gasteiger partial charge in [0, 0.05) is 40.6 Å². The summed E-state index contributed by atoms with van der Waals surface area (Å²) in [5.74, 6) is -0.172. The summed E-state index contributed by atoms with van der Waals surface area (Å²) in [7, 11) is 0. The van der Waals surface area contributed by atoms with E-state index >= 15 is 0 Å². The highest BCUT2D eigenvalue weighted by molar-refractivity contribution is 6.05. The molecule has 6 rings (SSSR count). The molecule has 1 N–H and O–H groups in total. The maximum absolute atomic E-state index is 13.1. The minimum atomic E-state index is -2.47. The average molecular weight is 496 g/mol. The van der Waals surface area contributed by atoms with Crippen molar-refractivity contribution in [3.8, 4) is 5.75 Å². The summed E-state index contributed by atoms with van der Waals surface area (Å²) in [5.41, 5.74) is 3.29. The summed E-state index contributed by atoms with van der Waals surface area (Å²) in [5, 5.41) is 2.34. The van der Waals surface area contributed by atoms with Gasteiger partial charge in [-0.1, -0.05) is 24.3 Å². The summed E-state index contributed by atoms with van der Waals surface area (Å²) < 4.78 is 32.4. The van der Waals surface area contributed by atoms with E-state index in [-0.39, 0.29) is 29.2 Å². The highest BCUT2D eigenvalue weighted by Crippen LogP contribution is 2.49. The van der Waals surface area contributed by atoms with Crippen molar-refractivity contribution in [1.29, 1.82) is 0 Å². The van der Waals surface area contributed by atoms with Gasteiger partial charge in [0.15, 0.2) is 0 Å². The number of halogens is 2. The molecule has 36 heavy (non-hydrogen) atoms. The van der Waals surface area contributed by atoms with Crippen LogP contribution in [0.25, 0.3) is 0 Å². The van der Waals surface area contributed by atoms with Gasteiger partial charge < -0.3 is 9.64 Å². The first kappa shape index (κ1) is 23.1. The minimum absolute atomic E-state index is 0.0499. The fourth-order valence-corrected chi connectivity index (χ4v) is 6.12. The Morgan fingerprint density at radius 3 is 2.67 bits per heavy atom. The number of amides is 3. The van der Waals surface area contributed by atoms with Crippen molar-refractivity contribution in [1.82, 2.24) is 15.1 Å². The number of fused-ring (bicyclic) bond motifs is 4. The number of benzene rings is 2. The van der Waals surface area contributed by atoms with Gasteiger partial charge in [0.1, 0.15) is 11.8 Å². The molecule has 188 valence electrons. The zero-order valence-corrected chi connectivity index (χ0v) is 19.8. The predicted molar refractivity (Wildman–Crippen MR) is 126 cm³/mol. The SMILES string of the molecule is O=C1CCC(N2Cc3c(ccc4c3OCC43CCN(Cc4cccc(C(F)F)c4)CC3)C2=O)C(=O)N1. The number of rotatable bonds is 4. The van der Waals surface area contributed by atoms with Crippen LogP contribution in [0.15, 0.2) is 36.4 Å². The number of likely N-dealkylation sites (tertiary alicyclic amines) is 1. The standard InChI is InChI=1S/C27H27F2N3O4/c28-24(29)17-3-1-2-16(12-17)13-31-10-8-27(9-11-31)15-36-23-19-14-32(21-6-7-22(33)30-25(21)34)26(35)18(19)4-5-20(23)27/h1-5,12,21,24H,6-11,13-15H2,(H,30,33,34). The first-order valence-corrected chi connectivity index (χ1v) is 12.4. The van der Waals surface area contributed by atoms with Crippen molar-refractivity contribution in [3.63, 3.8) is 0 Å². The molecule has 4 heterocycles. The van der Waals surface area contributed by atoms with Gasteiger partial charge in [-0.05, 0) is 50.0 Å². The Kier molecular flexibility index (Phi) is 5.55. The number of hydrogen-bond acceptors (Lipinski definition) is 5. The van der Waals surface area contributed by atoms with E-state index in [0.717, 1.165) is 48.4 Å². The first-order valence-electron chi connectivity index (χ1n) is 12.4. The Balaban J connectivity index is 1.17. The third-order valence-electron chi connectivity index (χ3n) is 8.15. The van der Waals surface area contributed by atoms with Gasteiger partial charge in [-0.15, -0.1) is 0 Å². The molecule has 0 aliphatic carbocycles. The second-order valence-electron chi connectivity index (χ2n) is 10.3. The molecule has 1 unspecified atom stereocenters. The van der Waals surface area contributed by atoms with Crippen LogP contribution in [0.5, 0.6) is 5.75 Å². The van der Waals surface area contributed by atoms with E-state index in [0.29, 0.717) is 31.7 Å². The molecule has 9 heteroatoms. The Morgan fingerprint density at radius 1 is 1.11 bits per heavy atom. The number of carbonyl (C=O) groups is 3. The third kappa shape index (κ3) is 3.77. The molecule has 0 bridgehead atoms. The van der Waals surface area contributed by atoms with Crippen molar-refractivity contribution in [2.24, 2.45) is 0 Å². The number of alkyl halides is 2. The van der Waals surface area contributed by atoms with Crippen LogP contribution >= 0.6 is 0 Å². The number of hydrogen-bond donors (Lipinski definition) is 1. The van der Waals surface area contributed by atoms with E-state index in [1.807, 2.05) is 18.2 Å². The molecular weight excluding hydrogens is 468 g/mol. The molecule has 7 nitrogen and oxygen atoms in total. The number of nitrogens with one attached hydrogen (secondary N) is 1. The largest absolute Gasteiger partial charge is 0.492 e. The van der Waals surface area contributed by atoms with Gasteiger partial charge >= 0.3 is 0 Å². The van der Waals surface area contributed by atoms with Gasteiger partial charge in [-0.25, -0.2) is 8.78 Å². The fourth-order valence-electron chi connectivity index (χ4n) is 6.12. The molecule has 1 atom stereocenters. The van der Waals surface area contributed by atoms with Gasteiger partial charge in [0.05, 0.1) is 13.2 Å². The molecule has 4 aliphatic rings. The van der Waals surface area contributed by atoms with Crippen LogP contribution < -0.4 is 10.1 Å². The number of imide groups is 1. The molecular formula is C27H27F2N3O4. The van der Waals surface area contributed by atoms with Crippen LogP contribution in [-0.4, -0.2) is 53.3 Å². The van der Waals surface area contributed by atoms with Crippen LogP contribution in [0.3, 0.4) is 0 Å². The van der Waals surface area contributed by atoms with Crippen LogP contribution in [0.2, 0.25) is 0 Å². The van der Waals surface area contributed by atoms with Gasteiger partial charge in [-0.2, -0.15) is 0 Å². The monoisotopic (exact) mass is 495 g/mol. The van der Waals surface area contributed by atoms with Crippen molar-refractivity contribution in [2.45, 2.75) is 56.7 Å². The topological polar surface area (TPSA) is 79.0 Å². The zero-order chi connectivity index (χ0) is 25.0. The molecule has 4 aliphatic heterocycles. The molecule has 0 aromatic heterocycles. The van der Waals surface area contributed by atoms with Crippen LogP contribution in [0.4, 0.5) is 8.78 Å². The number of nitrogens with zero attached hydrogens (tertiary/aromatic N) is 2. The number of piperidine rings is 2. The summed E-state index contributed by atoms with van der Waals surface area (Å²) >= 11 is 0. The number of ether oxygens (including phenoxy) is 1. The lowest BCUT2D eigenvalue weighted by Gasteiger charge is -2.38. The molecule has 3 amide bonds. The van der Waals surface area contributed by atoms with Crippen LogP contribution in [0, 0.1) is 0 Å². The summed E-state index contributed by atoms with van der Waals surface area (Å²) in [6.45, 7) is 3.11. The van der Waals surface area contributed by atoms with Gasteiger partial charge in [0.2, 0.25) is 11.8 Å². The quantitative estimate of drug-likeness (QED) is 0.659. The van der Waals surface area contributed by atoms with E-state index < -0.39 is 18.4 Å². The maximum Gasteiger partial charge on any atom is 0.263 e. The van der Waals surface area contributed by atoms with Crippen LogP contribution in [0.1, 0.15) is 64.7 Å². The molecule has 2 aromatic rings. The van der Waals surface area contributed by atoms with E-state index in [2.05, 4.69) is 10.2 Å². The fraction of sp³-hybridized carbons (Fsp3) is 0.444. The molecule has 1 spiro atoms. The summed E-state index contributed by atoms with van der Waals surface area (Å²) in [6, 6.07) is 9.80. The predicted octanol–water partition coefficient (Wildman–Crippen LogP) is 3.31. The lowest BCUT2D eigenvalue weighted by atomic mass is 9.74. The third-order valence-corrected chi connectivity index (χ3v) is 8.15. The Hall–Kier alpha value is -3.33. The minimum Gasteiger partial charge on any atom is -0.492 e. The van der Waals surface area contributed by atoms with Crippen molar-refractivity contribution < 1.29 is 27.9 Å². The van der Waals surface area contributed by atoms with E-state index in [1.54, 1.807) is 17.0 Å². The van der Waals surface area contributed by atoms with Crippen molar-refractivity contribution >= 4 is 17.7 Å². The Morgan fingerprint density at radius 2 is 1.92 bits per heavy atom. The number of carbonyl (C=O) groups excluding carboxylic acids is 3. The maximum atomic E-state index is 13.1. The summed E-state index contributed by atoms with van der Waals surface area (Å²) in [4.78, 5) is 40.9. The average Bonchev–Trinajstić information content (AvgIpc) is 3.39. The molecule has 2 saturated heterocycles. The highest BCUT2D eigenvalue weighted by atomic mass is 19.3. The normalized spacial score (nSPS) is 23.1. The Labute approximate surface area is 207 Å². The lowest BCUT2D eigenvalue weighted by Crippen LogP contribution is -2.52. The van der Waals surface area contributed by atoms with E-state index in [4.69, 9.17) is 4.74 Å². The van der Waals surface area contributed by atoms with Gasteiger partial charge in [0.25, 0.3) is 12.3 Å². The Bertz CT molecular complexity index is 1260. The highest BCUT2D eigenvalue weighted by Gasteiger charge is 2.47. The molecule has 2 fully saturated rings. The van der Waals surface area contributed by atoms with E-state index in [9.17, 15) is 23.2 Å². The van der Waals surface area contributed by atoms with Gasteiger partial charge in [-0.3, -0.25) is 24.6 Å². The van der Waals surface area contributed by atoms with Crippen molar-refractivity contribution in [3.05, 3.63) is 64.2 Å². The zero-order valence-electron chi connectivity index (χ0n) is 19.8. The second kappa shape index (κ2) is 8.65. The molecule has 2 aromatic carbocycles. The molecule has 0 saturated carbocycles. The molecule has 0 radical (unpaired) electrons. The lowest BCUT2D eigenvalue weighted by molar-refractivity contribution is -0.136. The first-order chi connectivity index (χ1) is 17.3. The van der Waals surface area contributed by atoms with Crippen LogP contribution in [-0.2, 0) is 28.1 Å². The van der Waals surface area contributed by atoms with Crippen molar-refractivity contribution in [2.75, 3.05) is 19.7 Å². The second-order valence-corrected chi connectivity index (χ2v) is 10.3. The smallest absolute Gasteiger partial charge is 0.263 e. The summed E-state index contributed by atoms with van der Waals surface area (Å²) in [6.07, 6.45) is -0.179.